The number of carbonyl (C=O) groups is 1. The zero-order chi connectivity index (χ0) is 26.8. The van der Waals surface area contributed by atoms with Gasteiger partial charge in [-0.3, -0.25) is 9.80 Å². The summed E-state index contributed by atoms with van der Waals surface area (Å²) in [5, 5.41) is 11.2. The first-order chi connectivity index (χ1) is 19.1. The van der Waals surface area contributed by atoms with E-state index in [2.05, 4.69) is 34.3 Å². The Hall–Kier alpha value is -0.760. The zero-order valence-corrected chi connectivity index (χ0v) is 25.5. The lowest BCUT2D eigenvalue weighted by Crippen LogP contribution is -2.51. The summed E-state index contributed by atoms with van der Waals surface area (Å²) >= 11 is 8.48. The third-order valence-corrected chi connectivity index (χ3v) is 12.3. The van der Waals surface area contributed by atoms with Crippen LogP contribution in [0.15, 0.2) is 15.6 Å². The first kappa shape index (κ1) is 28.4. The molecule has 4 aliphatic carbocycles. The number of rotatable bonds is 6. The van der Waals surface area contributed by atoms with Crippen molar-refractivity contribution in [3.05, 3.63) is 10.5 Å². The number of hydrogen-bond donors (Lipinski definition) is 3. The van der Waals surface area contributed by atoms with E-state index in [4.69, 9.17) is 16.7 Å². The minimum atomic E-state index is -0.0829. The number of nitrogens with one attached hydrogen (secondary N) is 3. The molecule has 6 nitrogen and oxygen atoms in total. The van der Waals surface area contributed by atoms with E-state index in [1.165, 1.54) is 95.5 Å². The smallest absolute Gasteiger partial charge is 0.258 e. The predicted octanol–water partition coefficient (Wildman–Crippen LogP) is 6.87. The zero-order valence-electron chi connectivity index (χ0n) is 23.9. The average molecular weight is 576 g/mol. The molecule has 4 saturated carbocycles. The molecule has 6 rings (SSSR count). The van der Waals surface area contributed by atoms with Gasteiger partial charge in [0.2, 0.25) is 0 Å². The van der Waals surface area contributed by atoms with Gasteiger partial charge in [-0.05, 0) is 87.0 Å². The first-order valence-electron chi connectivity index (χ1n) is 16.3. The number of hydrogen-bond acceptors (Lipinski definition) is 6. The Morgan fingerprint density at radius 3 is 2.36 bits per heavy atom. The number of thioether (sulfide) groups is 1. The highest BCUT2D eigenvalue weighted by Gasteiger charge is 2.45. The van der Waals surface area contributed by atoms with Crippen LogP contribution in [0.25, 0.3) is 0 Å². The lowest BCUT2D eigenvalue weighted by Gasteiger charge is -2.44. The molecule has 2 aliphatic heterocycles. The van der Waals surface area contributed by atoms with Crippen molar-refractivity contribution >= 4 is 35.5 Å². The Morgan fingerprint density at radius 2 is 1.62 bits per heavy atom. The minimum Gasteiger partial charge on any atom is -0.348 e. The summed E-state index contributed by atoms with van der Waals surface area (Å²) in [5.74, 6) is 3.02. The third kappa shape index (κ3) is 6.52. The second-order valence-electron chi connectivity index (χ2n) is 13.5. The fourth-order valence-corrected chi connectivity index (χ4v) is 9.93. The van der Waals surface area contributed by atoms with Gasteiger partial charge in [-0.15, -0.1) is 11.6 Å². The van der Waals surface area contributed by atoms with Gasteiger partial charge in [0.1, 0.15) is 6.17 Å². The van der Waals surface area contributed by atoms with Crippen LogP contribution in [0.2, 0.25) is 0 Å². The molecule has 5 unspecified atom stereocenters. The van der Waals surface area contributed by atoms with Crippen molar-refractivity contribution in [1.29, 1.82) is 0 Å². The van der Waals surface area contributed by atoms with Gasteiger partial charge in [-0.2, -0.15) is 5.10 Å². The molecular formula is C31H50ClN5OS. The third-order valence-electron chi connectivity index (χ3n) is 10.7. The van der Waals surface area contributed by atoms with E-state index < -0.39 is 0 Å². The van der Waals surface area contributed by atoms with Crippen molar-refractivity contribution < 1.29 is 4.79 Å². The number of alkyl halides is 1. The van der Waals surface area contributed by atoms with Gasteiger partial charge >= 0.3 is 0 Å². The normalized spacial score (nSPS) is 39.3. The molecule has 5 atom stereocenters. The number of hydrazone groups is 1. The van der Waals surface area contributed by atoms with Gasteiger partial charge in [0.25, 0.3) is 5.91 Å². The van der Waals surface area contributed by atoms with Crippen LogP contribution in [0.4, 0.5) is 0 Å². The molecule has 5 fully saturated rings. The highest BCUT2D eigenvalue weighted by Crippen LogP contribution is 2.48. The van der Waals surface area contributed by atoms with Crippen molar-refractivity contribution in [3.63, 3.8) is 0 Å². The summed E-state index contributed by atoms with van der Waals surface area (Å²) in [4.78, 5) is 14.7. The van der Waals surface area contributed by atoms with Gasteiger partial charge in [-0.1, -0.05) is 70.1 Å². The highest BCUT2D eigenvalue weighted by atomic mass is 35.5. The first-order valence-corrected chi connectivity index (χ1v) is 17.6. The summed E-state index contributed by atoms with van der Waals surface area (Å²) in [7, 11) is 0. The minimum absolute atomic E-state index is 0.0829. The van der Waals surface area contributed by atoms with E-state index in [-0.39, 0.29) is 29.0 Å². The van der Waals surface area contributed by atoms with E-state index in [1.807, 2.05) is 0 Å². The molecule has 0 aromatic carbocycles. The van der Waals surface area contributed by atoms with Crippen LogP contribution in [0.1, 0.15) is 116 Å². The number of nitrogens with zero attached hydrogens (tertiary/aromatic N) is 2. The van der Waals surface area contributed by atoms with Crippen LogP contribution in [0.5, 0.6) is 0 Å². The van der Waals surface area contributed by atoms with Crippen LogP contribution >= 0.6 is 23.4 Å². The number of carbonyl (C=O) groups excluding carboxylic acids is 1. The van der Waals surface area contributed by atoms with Crippen LogP contribution in [-0.2, 0) is 4.79 Å². The lowest BCUT2D eigenvalue weighted by atomic mass is 9.70. The van der Waals surface area contributed by atoms with Crippen molar-refractivity contribution in [3.8, 4) is 0 Å². The fourth-order valence-electron chi connectivity index (χ4n) is 8.34. The van der Waals surface area contributed by atoms with Crippen molar-refractivity contribution in [1.82, 2.24) is 21.2 Å². The van der Waals surface area contributed by atoms with E-state index in [1.54, 1.807) is 11.8 Å². The quantitative estimate of drug-likeness (QED) is 0.238. The molecule has 39 heavy (non-hydrogen) atoms. The molecule has 0 bridgehead atoms. The number of fused-ring (bicyclic) bond motifs is 1. The van der Waals surface area contributed by atoms with Crippen molar-refractivity contribution in [2.45, 2.75) is 139 Å². The summed E-state index contributed by atoms with van der Waals surface area (Å²) in [5.41, 5.74) is 8.62. The maximum absolute atomic E-state index is 13.8. The second kappa shape index (κ2) is 13.0. The van der Waals surface area contributed by atoms with Gasteiger partial charge in [0.05, 0.1) is 4.91 Å². The largest absolute Gasteiger partial charge is 0.348 e. The molecule has 0 aromatic heterocycles. The number of halogens is 1. The van der Waals surface area contributed by atoms with Crippen LogP contribution < -0.4 is 16.2 Å². The van der Waals surface area contributed by atoms with Gasteiger partial charge in [-0.25, -0.2) is 10.9 Å². The Bertz CT molecular complexity index is 909. The number of hydrazine groups is 1. The Balaban J connectivity index is 1.28. The maximum atomic E-state index is 13.8. The summed E-state index contributed by atoms with van der Waals surface area (Å²) in [6, 6.07) is 0.251. The standard InChI is InChI=1S/C31H50ClN5OS/c1-20-12-14-23(15-13-20)29-35-36-31(37(29)33-19-21-8-4-2-5-9-21)39-28-27(22-10-6-3-7-11-22)25-18-24(32)16-17-26(25)34-30(28)38/h19-26,29,31,35-36H,2-18H2,1H3,(H,34,38)/b33-19+. The predicted molar refractivity (Wildman–Crippen MR) is 162 cm³/mol. The monoisotopic (exact) mass is 575 g/mol. The Morgan fingerprint density at radius 1 is 0.897 bits per heavy atom. The number of amides is 1. The van der Waals surface area contributed by atoms with E-state index in [0.29, 0.717) is 23.7 Å². The fraction of sp³-hybridized carbons (Fsp3) is 0.871. The van der Waals surface area contributed by atoms with E-state index >= 15 is 0 Å². The molecule has 6 aliphatic rings. The molecule has 8 heteroatoms. The summed E-state index contributed by atoms with van der Waals surface area (Å²) in [6.07, 6.45) is 23.3. The van der Waals surface area contributed by atoms with E-state index in [0.717, 1.165) is 30.1 Å². The average Bonchev–Trinajstić information content (AvgIpc) is 3.36. The molecule has 0 aromatic rings. The van der Waals surface area contributed by atoms with Gasteiger partial charge in [0, 0.05) is 23.6 Å². The van der Waals surface area contributed by atoms with Crippen molar-refractivity contribution in [2.75, 3.05) is 0 Å². The van der Waals surface area contributed by atoms with Crippen LogP contribution in [-0.4, -0.2) is 40.2 Å². The molecule has 1 saturated heterocycles. The summed E-state index contributed by atoms with van der Waals surface area (Å²) < 4.78 is 0. The summed E-state index contributed by atoms with van der Waals surface area (Å²) in [6.45, 7) is 2.39. The molecular weight excluding hydrogens is 526 g/mol. The highest BCUT2D eigenvalue weighted by molar-refractivity contribution is 8.04. The molecule has 3 N–H and O–H groups in total. The van der Waals surface area contributed by atoms with Crippen LogP contribution in [0.3, 0.4) is 0 Å². The lowest BCUT2D eigenvalue weighted by molar-refractivity contribution is -0.118. The van der Waals surface area contributed by atoms with Crippen LogP contribution in [0, 0.1) is 29.6 Å². The topological polar surface area (TPSA) is 68.8 Å². The molecule has 0 radical (unpaired) electrons. The van der Waals surface area contributed by atoms with E-state index in [9.17, 15) is 4.79 Å². The molecule has 2 heterocycles. The second-order valence-corrected chi connectivity index (χ2v) is 15.2. The van der Waals surface area contributed by atoms with Gasteiger partial charge < -0.3 is 5.32 Å². The molecule has 218 valence electrons. The SMILES string of the molecule is CC1CCC(C2NNC(SC3=C(C4CCCCC4)C4CC(Cl)CCC4NC3=O)N2/N=C/C2CCCCC2)CC1. The molecule has 1 amide bonds. The maximum Gasteiger partial charge on any atom is 0.258 e. The van der Waals surface area contributed by atoms with Gasteiger partial charge in [0.15, 0.2) is 5.50 Å². The van der Waals surface area contributed by atoms with Crippen molar-refractivity contribution in [2.24, 2.45) is 34.7 Å². The Kier molecular flexibility index (Phi) is 9.48. The Labute approximate surface area is 245 Å². The molecule has 0 spiro atoms.